The quantitative estimate of drug-likeness (QED) is 0.754. The highest BCUT2D eigenvalue weighted by molar-refractivity contribution is 5.92. The van der Waals surface area contributed by atoms with Crippen LogP contribution in [0.4, 0.5) is 11.5 Å². The van der Waals surface area contributed by atoms with Gasteiger partial charge in [-0.15, -0.1) is 0 Å². The minimum absolute atomic E-state index is 0.245. The molecular weight excluding hydrogens is 304 g/mol. The number of nitrogens with zero attached hydrogens (tertiary/aromatic N) is 4. The van der Waals surface area contributed by atoms with Gasteiger partial charge in [-0.3, -0.25) is 4.79 Å². The Kier molecular flexibility index (Phi) is 6.23. The molecule has 0 aliphatic carbocycles. The fourth-order valence-electron chi connectivity index (χ4n) is 2.03. The van der Waals surface area contributed by atoms with Crippen LogP contribution in [0, 0.1) is 11.3 Å². The third-order valence-electron chi connectivity index (χ3n) is 3.26. The normalized spacial score (nSPS) is 10.2. The average Bonchev–Trinajstić information content (AvgIpc) is 2.59. The van der Waals surface area contributed by atoms with E-state index in [-0.39, 0.29) is 11.6 Å². The first-order valence-electron chi connectivity index (χ1n) is 7.61. The first-order chi connectivity index (χ1) is 11.6. The van der Waals surface area contributed by atoms with Crippen molar-refractivity contribution in [3.05, 3.63) is 47.9 Å². The number of carbonyl (C=O) groups is 1. The molecule has 0 unspecified atom stereocenters. The monoisotopic (exact) mass is 324 g/mol. The molecule has 0 fully saturated rings. The number of amides is 1. The summed E-state index contributed by atoms with van der Waals surface area (Å²) in [5.41, 5.74) is 1.43. The molecule has 1 amide bonds. The zero-order valence-corrected chi connectivity index (χ0v) is 13.8. The second kappa shape index (κ2) is 8.60. The molecule has 0 atom stereocenters. The molecule has 2 rings (SSSR count). The maximum Gasteiger partial charge on any atom is 0.271 e. The van der Waals surface area contributed by atoms with E-state index >= 15 is 0 Å². The van der Waals surface area contributed by atoms with E-state index in [1.807, 2.05) is 20.2 Å². The molecule has 2 N–H and O–H groups in total. The van der Waals surface area contributed by atoms with E-state index < -0.39 is 0 Å². The van der Waals surface area contributed by atoms with Gasteiger partial charge in [0.25, 0.3) is 5.91 Å². The minimum Gasteiger partial charge on any atom is -0.351 e. The highest BCUT2D eigenvalue weighted by atomic mass is 16.1. The van der Waals surface area contributed by atoms with E-state index in [4.69, 9.17) is 5.26 Å². The second-order valence-corrected chi connectivity index (χ2v) is 5.48. The van der Waals surface area contributed by atoms with Gasteiger partial charge in [0.15, 0.2) is 0 Å². The zero-order chi connectivity index (χ0) is 17.4. The number of aromatic nitrogens is 2. The lowest BCUT2D eigenvalue weighted by Crippen LogP contribution is -2.27. The molecule has 0 saturated carbocycles. The second-order valence-electron chi connectivity index (χ2n) is 5.48. The largest absolute Gasteiger partial charge is 0.351 e. The van der Waals surface area contributed by atoms with Gasteiger partial charge in [0.2, 0.25) is 0 Å². The predicted octanol–water partition coefficient (Wildman–Crippen LogP) is 1.77. The Labute approximate surface area is 141 Å². The number of benzene rings is 1. The van der Waals surface area contributed by atoms with Crippen molar-refractivity contribution in [2.75, 3.05) is 32.5 Å². The molecule has 24 heavy (non-hydrogen) atoms. The summed E-state index contributed by atoms with van der Waals surface area (Å²) >= 11 is 0. The zero-order valence-electron chi connectivity index (χ0n) is 13.8. The van der Waals surface area contributed by atoms with Gasteiger partial charge in [0.05, 0.1) is 23.6 Å². The Morgan fingerprint density at radius 3 is 2.71 bits per heavy atom. The van der Waals surface area contributed by atoms with Crippen LogP contribution in [0.3, 0.4) is 0 Å². The van der Waals surface area contributed by atoms with Crippen LogP contribution < -0.4 is 10.6 Å². The van der Waals surface area contributed by atoms with Crippen molar-refractivity contribution >= 4 is 17.4 Å². The van der Waals surface area contributed by atoms with Crippen LogP contribution in [0.15, 0.2) is 36.7 Å². The van der Waals surface area contributed by atoms with Crippen LogP contribution in [0.1, 0.15) is 22.5 Å². The topological polar surface area (TPSA) is 93.9 Å². The van der Waals surface area contributed by atoms with Crippen molar-refractivity contribution in [3.8, 4) is 6.07 Å². The van der Waals surface area contributed by atoms with E-state index in [0.29, 0.717) is 23.6 Å². The summed E-state index contributed by atoms with van der Waals surface area (Å²) in [6.45, 7) is 1.50. The third kappa shape index (κ3) is 5.04. The van der Waals surface area contributed by atoms with Crippen molar-refractivity contribution in [2.45, 2.75) is 6.42 Å². The predicted molar refractivity (Wildman–Crippen MR) is 92.0 cm³/mol. The molecule has 2 aromatic rings. The molecule has 0 aliphatic heterocycles. The van der Waals surface area contributed by atoms with E-state index in [2.05, 4.69) is 31.6 Å². The molecule has 0 saturated heterocycles. The summed E-state index contributed by atoms with van der Waals surface area (Å²) in [5.74, 6) is 0.229. The van der Waals surface area contributed by atoms with Crippen molar-refractivity contribution in [2.24, 2.45) is 0 Å². The van der Waals surface area contributed by atoms with Gasteiger partial charge in [-0.2, -0.15) is 5.26 Å². The summed E-state index contributed by atoms with van der Waals surface area (Å²) in [6, 6.07) is 9.22. The van der Waals surface area contributed by atoms with E-state index in [9.17, 15) is 4.79 Å². The highest BCUT2D eigenvalue weighted by Gasteiger charge is 2.08. The molecule has 0 spiro atoms. The summed E-state index contributed by atoms with van der Waals surface area (Å²) in [5, 5.41) is 14.9. The number of hydrogen-bond donors (Lipinski definition) is 2. The van der Waals surface area contributed by atoms with Crippen LogP contribution in [-0.4, -0.2) is 48.0 Å². The number of rotatable bonds is 7. The lowest BCUT2D eigenvalue weighted by atomic mass is 10.2. The molecule has 1 heterocycles. The van der Waals surface area contributed by atoms with Gasteiger partial charge in [-0.1, -0.05) is 12.1 Å². The lowest BCUT2D eigenvalue weighted by molar-refractivity contribution is 0.0947. The maximum atomic E-state index is 12.0. The van der Waals surface area contributed by atoms with E-state index in [1.165, 1.54) is 12.4 Å². The Balaban J connectivity index is 1.93. The molecular formula is C17H20N6O. The first kappa shape index (κ1) is 17.4. The van der Waals surface area contributed by atoms with E-state index in [1.54, 1.807) is 18.2 Å². The Morgan fingerprint density at radius 1 is 1.25 bits per heavy atom. The van der Waals surface area contributed by atoms with Gasteiger partial charge in [-0.25, -0.2) is 9.97 Å². The Morgan fingerprint density at radius 2 is 2.04 bits per heavy atom. The highest BCUT2D eigenvalue weighted by Crippen LogP contribution is 2.17. The molecule has 7 heteroatoms. The van der Waals surface area contributed by atoms with Crippen LogP contribution in [-0.2, 0) is 0 Å². The van der Waals surface area contributed by atoms with Crippen molar-refractivity contribution < 1.29 is 4.79 Å². The lowest BCUT2D eigenvalue weighted by Gasteiger charge is -2.10. The Hall–Kier alpha value is -2.98. The van der Waals surface area contributed by atoms with Gasteiger partial charge in [-0.05, 0) is 39.2 Å². The van der Waals surface area contributed by atoms with Crippen molar-refractivity contribution in [3.63, 3.8) is 0 Å². The Bertz CT molecular complexity index is 721. The number of para-hydroxylation sites is 1. The van der Waals surface area contributed by atoms with Crippen LogP contribution in [0.25, 0.3) is 0 Å². The summed E-state index contributed by atoms with van der Waals surface area (Å²) in [4.78, 5) is 22.3. The van der Waals surface area contributed by atoms with Crippen LogP contribution in [0.2, 0.25) is 0 Å². The number of nitriles is 1. The van der Waals surface area contributed by atoms with Crippen LogP contribution >= 0.6 is 0 Å². The third-order valence-corrected chi connectivity index (χ3v) is 3.26. The van der Waals surface area contributed by atoms with Gasteiger partial charge in [0.1, 0.15) is 17.6 Å². The number of nitrogens with one attached hydrogen (secondary N) is 2. The molecule has 7 nitrogen and oxygen atoms in total. The summed E-state index contributed by atoms with van der Waals surface area (Å²) in [7, 11) is 3.98. The molecule has 124 valence electrons. The minimum atomic E-state index is -0.245. The number of hydrogen-bond acceptors (Lipinski definition) is 6. The molecule has 0 aliphatic rings. The molecule has 0 bridgehead atoms. The van der Waals surface area contributed by atoms with Gasteiger partial charge < -0.3 is 15.5 Å². The van der Waals surface area contributed by atoms with Crippen LogP contribution in [0.5, 0.6) is 0 Å². The number of carbonyl (C=O) groups excluding carboxylic acids is 1. The SMILES string of the molecule is CN(C)CCCNC(=O)c1cnc(Nc2ccccc2C#N)cn1. The summed E-state index contributed by atoms with van der Waals surface area (Å²) < 4.78 is 0. The fourth-order valence-corrected chi connectivity index (χ4v) is 2.03. The first-order valence-corrected chi connectivity index (χ1v) is 7.61. The molecule has 0 radical (unpaired) electrons. The van der Waals surface area contributed by atoms with E-state index in [0.717, 1.165) is 13.0 Å². The molecule has 1 aromatic carbocycles. The maximum absolute atomic E-state index is 12.0. The van der Waals surface area contributed by atoms with Crippen molar-refractivity contribution in [1.82, 2.24) is 20.2 Å². The van der Waals surface area contributed by atoms with Crippen molar-refractivity contribution in [1.29, 1.82) is 5.26 Å². The fraction of sp³-hybridized carbons (Fsp3) is 0.294. The summed E-state index contributed by atoms with van der Waals surface area (Å²) in [6.07, 6.45) is 3.76. The standard InChI is InChI=1S/C17H20N6O/c1-23(2)9-5-8-19-17(24)15-11-21-16(12-20-15)22-14-7-4-3-6-13(14)10-18/h3-4,6-7,11-12H,5,8-9H2,1-2H3,(H,19,24)(H,21,22). The average molecular weight is 324 g/mol. The van der Waals surface area contributed by atoms with Gasteiger partial charge in [0, 0.05) is 6.54 Å². The smallest absolute Gasteiger partial charge is 0.271 e. The molecule has 1 aromatic heterocycles. The number of anilines is 2. The van der Waals surface area contributed by atoms with Gasteiger partial charge >= 0.3 is 0 Å².